The SMILES string of the molecule is CC[C@@H](C)NC(=O)[C@@H](C)N(Cc1ccccc1)C(=O)CN(c1ccc(Br)c(C)c1)S(C)(=O)=O. The molecule has 0 aromatic heterocycles. The number of benzene rings is 2. The molecule has 0 spiro atoms. The summed E-state index contributed by atoms with van der Waals surface area (Å²) in [5.74, 6) is -0.740. The van der Waals surface area contributed by atoms with Crippen LogP contribution < -0.4 is 9.62 Å². The fourth-order valence-corrected chi connectivity index (χ4v) is 4.31. The van der Waals surface area contributed by atoms with Crippen LogP contribution in [0.4, 0.5) is 5.69 Å². The zero-order valence-electron chi connectivity index (χ0n) is 19.7. The number of nitrogens with zero attached hydrogens (tertiary/aromatic N) is 2. The van der Waals surface area contributed by atoms with Crippen molar-refractivity contribution in [2.24, 2.45) is 0 Å². The van der Waals surface area contributed by atoms with E-state index < -0.39 is 28.5 Å². The van der Waals surface area contributed by atoms with Crippen molar-refractivity contribution in [2.45, 2.75) is 52.7 Å². The number of hydrogen-bond donors (Lipinski definition) is 1. The number of carbonyl (C=O) groups is 2. The zero-order valence-corrected chi connectivity index (χ0v) is 22.1. The molecule has 0 saturated heterocycles. The summed E-state index contributed by atoms with van der Waals surface area (Å²) in [5.41, 5.74) is 2.08. The highest BCUT2D eigenvalue weighted by atomic mass is 79.9. The molecule has 2 rings (SSSR count). The van der Waals surface area contributed by atoms with Gasteiger partial charge in [-0.15, -0.1) is 0 Å². The van der Waals surface area contributed by atoms with E-state index in [4.69, 9.17) is 0 Å². The number of anilines is 1. The quantitative estimate of drug-likeness (QED) is 0.498. The van der Waals surface area contributed by atoms with Crippen LogP contribution >= 0.6 is 15.9 Å². The summed E-state index contributed by atoms with van der Waals surface area (Å²) < 4.78 is 27.1. The molecule has 0 aliphatic heterocycles. The average molecular weight is 539 g/mol. The molecule has 9 heteroatoms. The van der Waals surface area contributed by atoms with Gasteiger partial charge in [-0.05, 0) is 56.5 Å². The molecular weight excluding hydrogens is 506 g/mol. The molecule has 1 N–H and O–H groups in total. The summed E-state index contributed by atoms with van der Waals surface area (Å²) in [6.45, 7) is 7.15. The molecule has 0 heterocycles. The van der Waals surface area contributed by atoms with Gasteiger partial charge in [0.25, 0.3) is 0 Å². The van der Waals surface area contributed by atoms with E-state index in [1.54, 1.807) is 25.1 Å². The molecule has 0 unspecified atom stereocenters. The van der Waals surface area contributed by atoms with Gasteiger partial charge in [0.1, 0.15) is 12.6 Å². The second-order valence-electron chi connectivity index (χ2n) is 8.20. The van der Waals surface area contributed by atoms with E-state index in [2.05, 4.69) is 21.2 Å². The van der Waals surface area contributed by atoms with Crippen LogP contribution in [0.1, 0.15) is 38.3 Å². The van der Waals surface area contributed by atoms with Gasteiger partial charge in [0.2, 0.25) is 21.8 Å². The molecule has 2 aromatic rings. The molecule has 0 radical (unpaired) electrons. The summed E-state index contributed by atoms with van der Waals surface area (Å²) in [6.07, 6.45) is 1.83. The van der Waals surface area contributed by atoms with Crippen molar-refractivity contribution in [3.63, 3.8) is 0 Å². The maximum atomic E-state index is 13.5. The van der Waals surface area contributed by atoms with E-state index in [9.17, 15) is 18.0 Å². The van der Waals surface area contributed by atoms with Gasteiger partial charge in [0, 0.05) is 17.1 Å². The summed E-state index contributed by atoms with van der Waals surface area (Å²) in [5, 5.41) is 2.91. The number of amides is 2. The fraction of sp³-hybridized carbons (Fsp3) is 0.417. The zero-order chi connectivity index (χ0) is 24.8. The molecule has 0 fully saturated rings. The number of nitrogens with one attached hydrogen (secondary N) is 1. The fourth-order valence-electron chi connectivity index (χ4n) is 3.23. The van der Waals surface area contributed by atoms with E-state index >= 15 is 0 Å². The molecule has 180 valence electrons. The molecular formula is C24H32BrN3O4S. The summed E-state index contributed by atoms with van der Waals surface area (Å²) in [6, 6.07) is 13.6. The molecule has 2 aromatic carbocycles. The average Bonchev–Trinajstić information content (AvgIpc) is 2.76. The van der Waals surface area contributed by atoms with Crippen LogP contribution in [0.2, 0.25) is 0 Å². The van der Waals surface area contributed by atoms with Crippen molar-refractivity contribution in [1.29, 1.82) is 0 Å². The number of halogens is 1. The lowest BCUT2D eigenvalue weighted by Gasteiger charge is -2.32. The Morgan fingerprint density at radius 1 is 1.09 bits per heavy atom. The van der Waals surface area contributed by atoms with Crippen LogP contribution in [0.25, 0.3) is 0 Å². The second kappa shape index (κ2) is 11.7. The van der Waals surface area contributed by atoms with Gasteiger partial charge in [0.05, 0.1) is 11.9 Å². The summed E-state index contributed by atoms with van der Waals surface area (Å²) in [4.78, 5) is 27.7. The standard InChI is InChI=1S/C24H32BrN3O4S/c1-6-18(3)26-24(30)19(4)27(15-20-10-8-7-9-11-20)23(29)16-28(33(5,31)32)21-12-13-22(25)17(2)14-21/h7-14,18-19H,6,15-16H2,1-5H3,(H,26,30)/t18-,19-/m1/s1. The lowest BCUT2D eigenvalue weighted by atomic mass is 10.1. The molecule has 0 bridgehead atoms. The van der Waals surface area contributed by atoms with Gasteiger partial charge in [-0.25, -0.2) is 8.42 Å². The van der Waals surface area contributed by atoms with Crippen LogP contribution in [0.5, 0.6) is 0 Å². The first-order valence-corrected chi connectivity index (χ1v) is 13.5. The molecule has 0 aliphatic carbocycles. The third-order valence-corrected chi connectivity index (χ3v) is 7.50. The van der Waals surface area contributed by atoms with E-state index in [-0.39, 0.29) is 18.5 Å². The van der Waals surface area contributed by atoms with Gasteiger partial charge in [-0.2, -0.15) is 0 Å². The van der Waals surface area contributed by atoms with Crippen LogP contribution in [0.15, 0.2) is 53.0 Å². The summed E-state index contributed by atoms with van der Waals surface area (Å²) in [7, 11) is -3.75. The predicted molar refractivity (Wildman–Crippen MR) is 135 cm³/mol. The third kappa shape index (κ3) is 7.57. The number of carbonyl (C=O) groups excluding carboxylic acids is 2. The predicted octanol–water partition coefficient (Wildman–Crippen LogP) is 3.86. The monoisotopic (exact) mass is 537 g/mol. The largest absolute Gasteiger partial charge is 0.352 e. The Bertz CT molecular complexity index is 1080. The number of aryl methyl sites for hydroxylation is 1. The highest BCUT2D eigenvalue weighted by Gasteiger charge is 2.30. The maximum Gasteiger partial charge on any atom is 0.244 e. The van der Waals surface area contributed by atoms with E-state index in [1.165, 1.54) is 4.90 Å². The molecule has 2 atom stereocenters. The number of rotatable bonds is 10. The number of sulfonamides is 1. The Hall–Kier alpha value is -2.39. The Labute approximate surface area is 205 Å². The van der Waals surface area contributed by atoms with Gasteiger partial charge >= 0.3 is 0 Å². The molecule has 7 nitrogen and oxygen atoms in total. The Kier molecular flexibility index (Phi) is 9.48. The summed E-state index contributed by atoms with van der Waals surface area (Å²) >= 11 is 3.41. The Morgan fingerprint density at radius 3 is 2.27 bits per heavy atom. The van der Waals surface area contributed by atoms with Crippen LogP contribution in [-0.2, 0) is 26.2 Å². The first kappa shape index (κ1) is 26.9. The van der Waals surface area contributed by atoms with Crippen molar-refractivity contribution in [3.8, 4) is 0 Å². The second-order valence-corrected chi connectivity index (χ2v) is 11.0. The minimum Gasteiger partial charge on any atom is -0.352 e. The third-order valence-electron chi connectivity index (χ3n) is 5.47. The maximum absolute atomic E-state index is 13.5. The molecule has 0 aliphatic rings. The lowest BCUT2D eigenvalue weighted by Crippen LogP contribution is -2.52. The van der Waals surface area contributed by atoms with Gasteiger partial charge in [0.15, 0.2) is 0 Å². The van der Waals surface area contributed by atoms with Crippen LogP contribution in [0.3, 0.4) is 0 Å². The Balaban J connectivity index is 2.38. The number of hydrogen-bond acceptors (Lipinski definition) is 4. The van der Waals surface area contributed by atoms with Gasteiger partial charge < -0.3 is 10.2 Å². The minimum atomic E-state index is -3.75. The topological polar surface area (TPSA) is 86.8 Å². The lowest BCUT2D eigenvalue weighted by molar-refractivity contribution is -0.139. The smallest absolute Gasteiger partial charge is 0.244 e. The Morgan fingerprint density at radius 2 is 1.73 bits per heavy atom. The van der Waals surface area contributed by atoms with E-state index in [1.807, 2.05) is 51.1 Å². The van der Waals surface area contributed by atoms with Crippen LogP contribution in [0, 0.1) is 6.92 Å². The first-order valence-electron chi connectivity index (χ1n) is 10.8. The normalized spacial score (nSPS) is 13.2. The highest BCUT2D eigenvalue weighted by Crippen LogP contribution is 2.25. The van der Waals surface area contributed by atoms with Crippen molar-refractivity contribution < 1.29 is 18.0 Å². The van der Waals surface area contributed by atoms with Crippen molar-refractivity contribution >= 4 is 43.5 Å². The highest BCUT2D eigenvalue weighted by molar-refractivity contribution is 9.10. The van der Waals surface area contributed by atoms with Crippen molar-refractivity contribution in [3.05, 3.63) is 64.1 Å². The molecule has 2 amide bonds. The van der Waals surface area contributed by atoms with Crippen molar-refractivity contribution in [1.82, 2.24) is 10.2 Å². The van der Waals surface area contributed by atoms with Gasteiger partial charge in [-0.3, -0.25) is 13.9 Å². The minimum absolute atomic E-state index is 0.0353. The first-order chi connectivity index (χ1) is 15.4. The van der Waals surface area contributed by atoms with Crippen LogP contribution in [-0.4, -0.2) is 50.0 Å². The van der Waals surface area contributed by atoms with Crippen molar-refractivity contribution in [2.75, 3.05) is 17.1 Å². The van der Waals surface area contributed by atoms with E-state index in [0.29, 0.717) is 5.69 Å². The molecule has 33 heavy (non-hydrogen) atoms. The van der Waals surface area contributed by atoms with Gasteiger partial charge in [-0.1, -0.05) is 53.2 Å². The van der Waals surface area contributed by atoms with E-state index in [0.717, 1.165) is 32.6 Å². The molecule has 0 saturated carbocycles.